The summed E-state index contributed by atoms with van der Waals surface area (Å²) in [5, 5.41) is 11.2. The number of aliphatic hydroxyl groups is 1. The molecular formula is C21H24FNO3. The van der Waals surface area contributed by atoms with Crippen LogP contribution in [0.4, 0.5) is 4.39 Å². The fraction of sp³-hybridized carbons (Fsp3) is 0.429. The monoisotopic (exact) mass is 357 g/mol. The minimum atomic E-state index is -0.959. The van der Waals surface area contributed by atoms with Gasteiger partial charge in [-0.05, 0) is 48.2 Å². The molecule has 0 aromatic heterocycles. The number of ether oxygens (including phenoxy) is 2. The number of hydrogen-bond donors (Lipinski definition) is 1. The molecule has 5 heteroatoms. The summed E-state index contributed by atoms with van der Waals surface area (Å²) < 4.78 is 24.6. The Labute approximate surface area is 153 Å². The summed E-state index contributed by atoms with van der Waals surface area (Å²) in [4.78, 5) is 2.27. The predicted molar refractivity (Wildman–Crippen MR) is 96.5 cm³/mol. The van der Waals surface area contributed by atoms with Gasteiger partial charge in [0.05, 0.1) is 13.2 Å². The van der Waals surface area contributed by atoms with Crippen molar-refractivity contribution in [3.8, 4) is 5.75 Å². The molecule has 2 aromatic rings. The zero-order valence-corrected chi connectivity index (χ0v) is 14.7. The molecule has 1 unspecified atom stereocenters. The highest BCUT2D eigenvalue weighted by Gasteiger charge is 2.37. The number of piperidine rings is 1. The number of hydrogen-bond acceptors (Lipinski definition) is 4. The molecule has 4 nitrogen and oxygen atoms in total. The van der Waals surface area contributed by atoms with E-state index in [9.17, 15) is 9.50 Å². The standard InChI is InChI=1S/C21H24FNO3/c22-17-5-7-18(8-6-17)26-19-9-11-23(12-10-19)14-21(24)15-25-13-16-3-1-2-4-20(16)21/h1-8,19,24H,9-15H2. The Balaban J connectivity index is 1.35. The second kappa shape index (κ2) is 7.35. The van der Waals surface area contributed by atoms with Crippen molar-refractivity contribution in [1.29, 1.82) is 0 Å². The third kappa shape index (κ3) is 3.75. The minimum Gasteiger partial charge on any atom is -0.490 e. The third-order valence-corrected chi connectivity index (χ3v) is 5.25. The molecule has 0 bridgehead atoms. The highest BCUT2D eigenvalue weighted by molar-refractivity contribution is 5.34. The van der Waals surface area contributed by atoms with Gasteiger partial charge in [0.1, 0.15) is 23.3 Å². The van der Waals surface area contributed by atoms with Gasteiger partial charge in [-0.3, -0.25) is 4.90 Å². The highest BCUT2D eigenvalue weighted by Crippen LogP contribution is 2.32. The molecule has 2 aliphatic rings. The lowest BCUT2D eigenvalue weighted by molar-refractivity contribution is -0.0940. The number of β-amino-alcohol motifs (C(OH)–C–C–N with tert-alkyl or cyclic N) is 1. The van der Waals surface area contributed by atoms with Gasteiger partial charge < -0.3 is 14.6 Å². The fourth-order valence-corrected chi connectivity index (χ4v) is 3.90. The lowest BCUT2D eigenvalue weighted by atomic mass is 9.87. The van der Waals surface area contributed by atoms with E-state index < -0.39 is 5.60 Å². The minimum absolute atomic E-state index is 0.126. The average Bonchev–Trinajstić information content (AvgIpc) is 2.66. The first-order valence-electron chi connectivity index (χ1n) is 9.15. The summed E-state index contributed by atoms with van der Waals surface area (Å²) in [6, 6.07) is 14.1. The topological polar surface area (TPSA) is 41.9 Å². The lowest BCUT2D eigenvalue weighted by Crippen LogP contribution is -2.49. The second-order valence-electron chi connectivity index (χ2n) is 7.23. The molecular weight excluding hydrogens is 333 g/mol. The van der Waals surface area contributed by atoms with Gasteiger partial charge in [-0.2, -0.15) is 0 Å². The molecule has 1 fully saturated rings. The molecule has 1 atom stereocenters. The lowest BCUT2D eigenvalue weighted by Gasteiger charge is -2.40. The van der Waals surface area contributed by atoms with Gasteiger partial charge in [-0.1, -0.05) is 24.3 Å². The number of halogens is 1. The first-order chi connectivity index (χ1) is 12.6. The van der Waals surface area contributed by atoms with Crippen molar-refractivity contribution >= 4 is 0 Å². The van der Waals surface area contributed by atoms with E-state index in [0.29, 0.717) is 25.5 Å². The van der Waals surface area contributed by atoms with Crippen molar-refractivity contribution in [2.45, 2.75) is 31.2 Å². The molecule has 138 valence electrons. The van der Waals surface area contributed by atoms with E-state index >= 15 is 0 Å². The summed E-state index contributed by atoms with van der Waals surface area (Å²) >= 11 is 0. The summed E-state index contributed by atoms with van der Waals surface area (Å²) in [5.74, 6) is 0.452. The van der Waals surface area contributed by atoms with E-state index in [-0.39, 0.29) is 11.9 Å². The molecule has 4 rings (SSSR count). The molecule has 0 amide bonds. The van der Waals surface area contributed by atoms with Crippen LogP contribution in [0.3, 0.4) is 0 Å². The SMILES string of the molecule is OC1(CN2CCC(Oc3ccc(F)cc3)CC2)COCc2ccccc21. The Kier molecular flexibility index (Phi) is 4.94. The van der Waals surface area contributed by atoms with Crippen LogP contribution in [-0.4, -0.2) is 42.4 Å². The zero-order chi connectivity index (χ0) is 18.0. The van der Waals surface area contributed by atoms with Crippen molar-refractivity contribution in [1.82, 2.24) is 4.90 Å². The van der Waals surface area contributed by atoms with E-state index in [1.807, 2.05) is 24.3 Å². The van der Waals surface area contributed by atoms with Gasteiger partial charge >= 0.3 is 0 Å². The predicted octanol–water partition coefficient (Wildman–Crippen LogP) is 3.09. The van der Waals surface area contributed by atoms with Crippen LogP contribution in [0.25, 0.3) is 0 Å². The quantitative estimate of drug-likeness (QED) is 0.913. The molecule has 26 heavy (non-hydrogen) atoms. The maximum absolute atomic E-state index is 13.0. The number of rotatable bonds is 4. The van der Waals surface area contributed by atoms with Crippen molar-refractivity contribution in [3.63, 3.8) is 0 Å². The van der Waals surface area contributed by atoms with Gasteiger partial charge in [0, 0.05) is 19.6 Å². The summed E-state index contributed by atoms with van der Waals surface area (Å²) in [5.41, 5.74) is 1.09. The van der Waals surface area contributed by atoms with E-state index in [1.54, 1.807) is 12.1 Å². The van der Waals surface area contributed by atoms with Gasteiger partial charge in [0.15, 0.2) is 0 Å². The normalized spacial score (nSPS) is 24.2. The molecule has 2 heterocycles. The third-order valence-electron chi connectivity index (χ3n) is 5.25. The molecule has 2 aliphatic heterocycles. The largest absolute Gasteiger partial charge is 0.490 e. The Hall–Kier alpha value is -1.95. The van der Waals surface area contributed by atoms with Gasteiger partial charge in [0.25, 0.3) is 0 Å². The van der Waals surface area contributed by atoms with Gasteiger partial charge in [0.2, 0.25) is 0 Å². The molecule has 0 saturated carbocycles. The van der Waals surface area contributed by atoms with E-state index in [0.717, 1.165) is 37.1 Å². The van der Waals surface area contributed by atoms with Crippen LogP contribution < -0.4 is 4.74 Å². The molecule has 1 N–H and O–H groups in total. The number of nitrogens with zero attached hydrogens (tertiary/aromatic N) is 1. The van der Waals surface area contributed by atoms with E-state index in [1.165, 1.54) is 12.1 Å². The highest BCUT2D eigenvalue weighted by atomic mass is 19.1. The van der Waals surface area contributed by atoms with Crippen molar-refractivity contribution in [2.24, 2.45) is 0 Å². The fourth-order valence-electron chi connectivity index (χ4n) is 3.90. The Bertz CT molecular complexity index is 743. The Morgan fingerprint density at radius 1 is 1.12 bits per heavy atom. The number of fused-ring (bicyclic) bond motifs is 1. The maximum Gasteiger partial charge on any atom is 0.126 e. The molecule has 0 aliphatic carbocycles. The zero-order valence-electron chi connectivity index (χ0n) is 14.7. The van der Waals surface area contributed by atoms with Crippen LogP contribution in [0.2, 0.25) is 0 Å². The van der Waals surface area contributed by atoms with Crippen LogP contribution in [0, 0.1) is 5.82 Å². The van der Waals surface area contributed by atoms with E-state index in [2.05, 4.69) is 4.90 Å². The van der Waals surface area contributed by atoms with Gasteiger partial charge in [-0.25, -0.2) is 4.39 Å². The first-order valence-corrected chi connectivity index (χ1v) is 9.15. The number of benzene rings is 2. The van der Waals surface area contributed by atoms with Crippen LogP contribution in [0.1, 0.15) is 24.0 Å². The molecule has 0 spiro atoms. The smallest absolute Gasteiger partial charge is 0.126 e. The van der Waals surface area contributed by atoms with E-state index in [4.69, 9.17) is 9.47 Å². The van der Waals surface area contributed by atoms with Crippen LogP contribution in [-0.2, 0) is 16.9 Å². The van der Waals surface area contributed by atoms with Crippen molar-refractivity contribution < 1.29 is 19.0 Å². The summed E-state index contributed by atoms with van der Waals surface area (Å²) in [6.07, 6.45) is 1.90. The Morgan fingerprint density at radius 2 is 1.85 bits per heavy atom. The summed E-state index contributed by atoms with van der Waals surface area (Å²) in [6.45, 7) is 3.17. The second-order valence-corrected chi connectivity index (χ2v) is 7.23. The van der Waals surface area contributed by atoms with Crippen molar-refractivity contribution in [2.75, 3.05) is 26.2 Å². The van der Waals surface area contributed by atoms with Crippen molar-refractivity contribution in [3.05, 3.63) is 65.5 Å². The molecule has 1 saturated heterocycles. The maximum atomic E-state index is 13.0. The van der Waals surface area contributed by atoms with Crippen LogP contribution >= 0.6 is 0 Å². The molecule has 2 aromatic carbocycles. The van der Waals surface area contributed by atoms with Crippen LogP contribution in [0.15, 0.2) is 48.5 Å². The summed E-state index contributed by atoms with van der Waals surface area (Å²) in [7, 11) is 0. The Morgan fingerprint density at radius 3 is 2.62 bits per heavy atom. The average molecular weight is 357 g/mol. The van der Waals surface area contributed by atoms with Crippen LogP contribution in [0.5, 0.6) is 5.75 Å². The molecule has 0 radical (unpaired) electrons. The van der Waals surface area contributed by atoms with Gasteiger partial charge in [-0.15, -0.1) is 0 Å². The first kappa shape index (κ1) is 17.5. The number of likely N-dealkylation sites (tertiary alicyclic amines) is 1.